The molecule has 0 saturated heterocycles. The van der Waals surface area contributed by atoms with E-state index in [2.05, 4.69) is 6.92 Å². The maximum absolute atomic E-state index is 10.3. The van der Waals surface area contributed by atoms with Crippen LogP contribution in [0.5, 0.6) is 0 Å². The Morgan fingerprint density at radius 3 is 1.20 bits per heavy atom. The van der Waals surface area contributed by atoms with Gasteiger partial charge in [-0.15, -0.1) is 0 Å². The molecule has 0 aliphatic heterocycles. The number of hydrogen-bond donors (Lipinski definition) is 1. The van der Waals surface area contributed by atoms with E-state index in [1.807, 2.05) is 0 Å². The van der Waals surface area contributed by atoms with Crippen LogP contribution in [0.15, 0.2) is 0 Å². The number of aliphatic carboxylic acids is 1. The molecule has 0 aliphatic carbocycles. The fraction of sp³-hybridized carbons (Fsp3) is 0.944. The SMILES string of the molecule is CCCCCCCCCCCCCCCC[13CH2][13C](=O)O. The van der Waals surface area contributed by atoms with Gasteiger partial charge in [-0.2, -0.15) is 0 Å². The average molecular weight is 286 g/mol. The Bertz CT molecular complexity index is 202. The maximum atomic E-state index is 10.3. The Labute approximate surface area is 126 Å². The molecule has 0 aromatic carbocycles. The van der Waals surface area contributed by atoms with Gasteiger partial charge in [0.15, 0.2) is 0 Å². The Morgan fingerprint density at radius 1 is 0.600 bits per heavy atom. The van der Waals surface area contributed by atoms with Gasteiger partial charge in [-0.1, -0.05) is 96.8 Å². The van der Waals surface area contributed by atoms with E-state index in [1.165, 1.54) is 83.5 Å². The third kappa shape index (κ3) is 17.5. The molecule has 0 rings (SSSR count). The number of hydrogen-bond acceptors (Lipinski definition) is 1. The molecule has 20 heavy (non-hydrogen) atoms. The van der Waals surface area contributed by atoms with Gasteiger partial charge in [-0.05, 0) is 6.42 Å². The van der Waals surface area contributed by atoms with Crippen LogP contribution in [0.4, 0.5) is 0 Å². The summed E-state index contributed by atoms with van der Waals surface area (Å²) in [6, 6.07) is 0. The first-order valence-corrected chi connectivity index (χ1v) is 8.99. The second-order valence-corrected chi connectivity index (χ2v) is 6.09. The number of carboxylic acids is 1. The van der Waals surface area contributed by atoms with Crippen molar-refractivity contribution in [3.63, 3.8) is 0 Å². The van der Waals surface area contributed by atoms with Crippen LogP contribution in [0.25, 0.3) is 0 Å². The molecule has 0 aromatic heterocycles. The van der Waals surface area contributed by atoms with E-state index < -0.39 is 5.97 Å². The Morgan fingerprint density at radius 2 is 0.900 bits per heavy atom. The van der Waals surface area contributed by atoms with Crippen molar-refractivity contribution in [3.8, 4) is 0 Å². The molecule has 0 atom stereocenters. The van der Waals surface area contributed by atoms with Crippen molar-refractivity contribution < 1.29 is 9.90 Å². The van der Waals surface area contributed by atoms with Crippen molar-refractivity contribution in [2.24, 2.45) is 0 Å². The molecule has 0 spiro atoms. The minimum Gasteiger partial charge on any atom is -0.481 e. The van der Waals surface area contributed by atoms with Crippen molar-refractivity contribution >= 4 is 5.97 Å². The molecular formula is C18H36O2. The Balaban J connectivity index is 2.94. The third-order valence-corrected chi connectivity index (χ3v) is 3.99. The van der Waals surface area contributed by atoms with Gasteiger partial charge in [-0.25, -0.2) is 0 Å². The molecule has 0 fully saturated rings. The third-order valence-electron chi connectivity index (χ3n) is 3.99. The van der Waals surface area contributed by atoms with Crippen molar-refractivity contribution in [2.45, 2.75) is 110 Å². The quantitative estimate of drug-likeness (QED) is 0.266. The van der Waals surface area contributed by atoms with Crippen LogP contribution in [0.1, 0.15) is 110 Å². The summed E-state index contributed by atoms with van der Waals surface area (Å²) in [5.74, 6) is -0.653. The molecule has 0 aromatic rings. The van der Waals surface area contributed by atoms with E-state index in [0.717, 1.165) is 12.8 Å². The fourth-order valence-electron chi connectivity index (χ4n) is 2.65. The molecule has 120 valence electrons. The maximum Gasteiger partial charge on any atom is 0.303 e. The van der Waals surface area contributed by atoms with Crippen LogP contribution in [-0.4, -0.2) is 11.1 Å². The second-order valence-electron chi connectivity index (χ2n) is 6.09. The Kier molecular flexibility index (Phi) is 16.1. The van der Waals surface area contributed by atoms with Crippen LogP contribution >= 0.6 is 0 Å². The number of carboxylic acid groups (broad SMARTS) is 1. The number of unbranched alkanes of at least 4 members (excludes halogenated alkanes) is 14. The molecule has 0 radical (unpaired) electrons. The zero-order valence-electron chi connectivity index (χ0n) is 13.7. The molecule has 0 bridgehead atoms. The van der Waals surface area contributed by atoms with Crippen LogP contribution in [0, 0.1) is 0 Å². The molecule has 0 unspecified atom stereocenters. The van der Waals surface area contributed by atoms with E-state index >= 15 is 0 Å². The molecule has 2 nitrogen and oxygen atoms in total. The number of carbonyl (C=O) groups is 1. The van der Waals surface area contributed by atoms with Gasteiger partial charge in [0.1, 0.15) is 0 Å². The highest BCUT2D eigenvalue weighted by Gasteiger charge is 1.97. The van der Waals surface area contributed by atoms with Gasteiger partial charge in [0.2, 0.25) is 0 Å². The van der Waals surface area contributed by atoms with Crippen molar-refractivity contribution in [2.75, 3.05) is 0 Å². The van der Waals surface area contributed by atoms with Gasteiger partial charge in [0, 0.05) is 6.42 Å². The van der Waals surface area contributed by atoms with E-state index in [1.54, 1.807) is 0 Å². The van der Waals surface area contributed by atoms with Gasteiger partial charge >= 0.3 is 5.97 Å². The largest absolute Gasteiger partial charge is 0.481 e. The lowest BCUT2D eigenvalue weighted by molar-refractivity contribution is -0.137. The predicted octanol–water partition coefficient (Wildman–Crippen LogP) is 6.33. The van der Waals surface area contributed by atoms with E-state index in [-0.39, 0.29) is 0 Å². The minimum atomic E-state index is -0.653. The van der Waals surface area contributed by atoms with Crippen LogP contribution in [-0.2, 0) is 4.79 Å². The van der Waals surface area contributed by atoms with E-state index in [9.17, 15) is 4.79 Å². The first kappa shape index (κ1) is 19.5. The highest BCUT2D eigenvalue weighted by molar-refractivity contribution is 5.66. The molecule has 1 N–H and O–H groups in total. The van der Waals surface area contributed by atoms with E-state index in [4.69, 9.17) is 5.11 Å². The monoisotopic (exact) mass is 286 g/mol. The molecule has 0 heterocycles. The average Bonchev–Trinajstić information content (AvgIpc) is 2.43. The highest BCUT2D eigenvalue weighted by Crippen LogP contribution is 2.13. The summed E-state index contributed by atoms with van der Waals surface area (Å²) in [7, 11) is 0. The smallest absolute Gasteiger partial charge is 0.303 e. The summed E-state index contributed by atoms with van der Waals surface area (Å²) in [6.45, 7) is 2.27. The minimum absolute atomic E-state index is 0.345. The van der Waals surface area contributed by atoms with Gasteiger partial charge < -0.3 is 5.11 Å². The lowest BCUT2D eigenvalue weighted by atomic mass is 10.0. The van der Waals surface area contributed by atoms with Crippen LogP contribution in [0.3, 0.4) is 0 Å². The van der Waals surface area contributed by atoms with Gasteiger partial charge in [-0.3, -0.25) is 4.79 Å². The Hall–Kier alpha value is -0.530. The molecule has 0 aliphatic rings. The zero-order valence-corrected chi connectivity index (χ0v) is 13.7. The molecule has 2 heteroatoms. The fourth-order valence-corrected chi connectivity index (χ4v) is 2.65. The standard InChI is InChI=1S/C18H36O2/c1-2-3-4-5-6-7-8-9-10-11-12-13-14-15-16-17-18(19)20/h2-17H2,1H3,(H,19,20)/i17+1,18+1. The molecular weight excluding hydrogens is 250 g/mol. The summed E-state index contributed by atoms with van der Waals surface area (Å²) < 4.78 is 0. The summed E-state index contributed by atoms with van der Waals surface area (Å²) in [5.41, 5.74) is 0. The number of rotatable bonds is 16. The normalized spacial score (nSPS) is 10.8. The van der Waals surface area contributed by atoms with Crippen molar-refractivity contribution in [1.29, 1.82) is 0 Å². The summed E-state index contributed by atoms with van der Waals surface area (Å²) in [5, 5.41) is 8.52. The molecule has 0 saturated carbocycles. The van der Waals surface area contributed by atoms with Crippen molar-refractivity contribution in [1.82, 2.24) is 0 Å². The molecule has 0 amide bonds. The topological polar surface area (TPSA) is 37.3 Å². The predicted molar refractivity (Wildman–Crippen MR) is 87.2 cm³/mol. The first-order valence-electron chi connectivity index (χ1n) is 8.99. The van der Waals surface area contributed by atoms with Crippen LogP contribution < -0.4 is 0 Å². The first-order chi connectivity index (χ1) is 9.77. The van der Waals surface area contributed by atoms with Crippen LogP contribution in [0.2, 0.25) is 0 Å². The summed E-state index contributed by atoms with van der Waals surface area (Å²) in [4.78, 5) is 10.3. The van der Waals surface area contributed by atoms with E-state index in [0.29, 0.717) is 6.42 Å². The lowest BCUT2D eigenvalue weighted by Crippen LogP contribution is -1.93. The zero-order chi connectivity index (χ0) is 14.9. The summed E-state index contributed by atoms with van der Waals surface area (Å²) in [6.07, 6.45) is 20.2. The van der Waals surface area contributed by atoms with Crippen molar-refractivity contribution in [3.05, 3.63) is 0 Å². The second kappa shape index (κ2) is 16.5. The van der Waals surface area contributed by atoms with Gasteiger partial charge in [0.25, 0.3) is 0 Å². The summed E-state index contributed by atoms with van der Waals surface area (Å²) >= 11 is 0. The van der Waals surface area contributed by atoms with Gasteiger partial charge in [0.05, 0.1) is 0 Å². The lowest BCUT2D eigenvalue weighted by Gasteiger charge is -2.03. The highest BCUT2D eigenvalue weighted by atomic mass is 16.5.